The highest BCUT2D eigenvalue weighted by molar-refractivity contribution is 5.34. The van der Waals surface area contributed by atoms with Gasteiger partial charge in [-0.2, -0.15) is 0 Å². The molecule has 1 atom stereocenters. The van der Waals surface area contributed by atoms with Gasteiger partial charge in [0.2, 0.25) is 0 Å². The van der Waals surface area contributed by atoms with Crippen molar-refractivity contribution in [3.05, 3.63) is 39.9 Å². The molecule has 0 amide bonds. The number of hydrogen-bond donors (Lipinski definition) is 1. The van der Waals surface area contributed by atoms with Gasteiger partial charge in [0.15, 0.2) is 0 Å². The number of nitro benzene ring substituents is 1. The molecule has 108 valence electrons. The number of rotatable bonds is 5. The lowest BCUT2D eigenvalue weighted by molar-refractivity contribution is -0.384. The van der Waals surface area contributed by atoms with E-state index in [1.807, 2.05) is 12.1 Å². The van der Waals surface area contributed by atoms with Crippen LogP contribution in [-0.4, -0.2) is 36.0 Å². The van der Waals surface area contributed by atoms with Crippen molar-refractivity contribution < 1.29 is 4.92 Å². The molecule has 1 saturated carbocycles. The predicted molar refractivity (Wildman–Crippen MR) is 77.6 cm³/mol. The molecule has 0 unspecified atom stereocenters. The summed E-state index contributed by atoms with van der Waals surface area (Å²) < 4.78 is 0. The monoisotopic (exact) mass is 275 g/mol. The molecule has 5 nitrogen and oxygen atoms in total. The summed E-state index contributed by atoms with van der Waals surface area (Å²) in [4.78, 5) is 13.0. The molecule has 0 aromatic heterocycles. The quantitative estimate of drug-likeness (QED) is 0.662. The summed E-state index contributed by atoms with van der Waals surface area (Å²) in [5.41, 5.74) is 1.41. The fourth-order valence-corrected chi connectivity index (χ4v) is 2.98. The van der Waals surface area contributed by atoms with Gasteiger partial charge in [-0.15, -0.1) is 0 Å². The van der Waals surface area contributed by atoms with Crippen molar-refractivity contribution in [1.29, 1.82) is 0 Å². The van der Waals surface area contributed by atoms with Crippen LogP contribution in [0.2, 0.25) is 0 Å². The molecule has 5 heteroatoms. The smallest absolute Gasteiger partial charge is 0.269 e. The van der Waals surface area contributed by atoms with E-state index in [0.717, 1.165) is 32.1 Å². The van der Waals surface area contributed by atoms with Crippen molar-refractivity contribution in [2.45, 2.75) is 25.3 Å². The maximum Gasteiger partial charge on any atom is 0.269 e. The standard InChI is InChI=1S/C15H21N3O2/c19-18(20)14-5-3-13(4-6-14)15(11-12-1-2-12)17-9-7-16-8-10-17/h3-6,12,15-16H,1-2,7-11H2/t15-/m1/s1. The summed E-state index contributed by atoms with van der Waals surface area (Å²) in [7, 11) is 0. The Balaban J connectivity index is 1.77. The van der Waals surface area contributed by atoms with Gasteiger partial charge in [0.05, 0.1) is 4.92 Å². The molecule has 0 spiro atoms. The molecule has 1 aromatic rings. The second-order valence-corrected chi connectivity index (χ2v) is 5.83. The van der Waals surface area contributed by atoms with Crippen molar-refractivity contribution in [3.8, 4) is 0 Å². The van der Waals surface area contributed by atoms with Crippen LogP contribution in [0.15, 0.2) is 24.3 Å². The molecule has 1 aliphatic carbocycles. The van der Waals surface area contributed by atoms with E-state index in [0.29, 0.717) is 6.04 Å². The molecular weight excluding hydrogens is 254 g/mol. The second kappa shape index (κ2) is 5.89. The fraction of sp³-hybridized carbons (Fsp3) is 0.600. The van der Waals surface area contributed by atoms with E-state index in [-0.39, 0.29) is 10.6 Å². The summed E-state index contributed by atoms with van der Waals surface area (Å²) in [6.07, 6.45) is 3.88. The first-order valence-corrected chi connectivity index (χ1v) is 7.43. The molecule has 1 N–H and O–H groups in total. The van der Waals surface area contributed by atoms with Crippen LogP contribution in [0.1, 0.15) is 30.9 Å². The average molecular weight is 275 g/mol. The van der Waals surface area contributed by atoms with Crippen LogP contribution < -0.4 is 5.32 Å². The summed E-state index contributed by atoms with van der Waals surface area (Å²) in [6, 6.07) is 7.57. The van der Waals surface area contributed by atoms with E-state index in [1.165, 1.54) is 24.8 Å². The average Bonchev–Trinajstić information content (AvgIpc) is 3.30. The first kappa shape index (κ1) is 13.5. The molecule has 1 aliphatic heterocycles. The summed E-state index contributed by atoms with van der Waals surface area (Å²) in [5.74, 6) is 0.852. The molecular formula is C15H21N3O2. The Morgan fingerprint density at radius 1 is 1.25 bits per heavy atom. The Labute approximate surface area is 119 Å². The van der Waals surface area contributed by atoms with Crippen LogP contribution in [0.4, 0.5) is 5.69 Å². The second-order valence-electron chi connectivity index (χ2n) is 5.83. The maximum absolute atomic E-state index is 10.8. The van der Waals surface area contributed by atoms with E-state index in [9.17, 15) is 10.1 Å². The zero-order valence-electron chi connectivity index (χ0n) is 11.6. The third kappa shape index (κ3) is 3.16. The Morgan fingerprint density at radius 3 is 2.45 bits per heavy atom. The Morgan fingerprint density at radius 2 is 1.90 bits per heavy atom. The van der Waals surface area contributed by atoms with Gasteiger partial charge in [-0.1, -0.05) is 25.0 Å². The summed E-state index contributed by atoms with van der Waals surface area (Å²) in [5, 5.41) is 14.1. The van der Waals surface area contributed by atoms with E-state index in [2.05, 4.69) is 10.2 Å². The Bertz CT molecular complexity index is 465. The summed E-state index contributed by atoms with van der Waals surface area (Å²) >= 11 is 0. The van der Waals surface area contributed by atoms with E-state index < -0.39 is 0 Å². The number of nitrogens with zero attached hydrogens (tertiary/aromatic N) is 2. The molecule has 1 saturated heterocycles. The maximum atomic E-state index is 10.8. The third-order valence-electron chi connectivity index (χ3n) is 4.33. The lowest BCUT2D eigenvalue weighted by Gasteiger charge is -2.35. The largest absolute Gasteiger partial charge is 0.314 e. The van der Waals surface area contributed by atoms with Gasteiger partial charge in [-0.05, 0) is 17.9 Å². The van der Waals surface area contributed by atoms with Crippen molar-refractivity contribution in [3.63, 3.8) is 0 Å². The topological polar surface area (TPSA) is 58.4 Å². The number of nitrogens with one attached hydrogen (secondary N) is 1. The normalized spacial score (nSPS) is 21.6. The van der Waals surface area contributed by atoms with E-state index in [4.69, 9.17) is 0 Å². The number of piperazine rings is 1. The van der Waals surface area contributed by atoms with Gasteiger partial charge in [0.25, 0.3) is 5.69 Å². The van der Waals surface area contributed by atoms with Crippen LogP contribution >= 0.6 is 0 Å². The number of non-ortho nitro benzene ring substituents is 1. The van der Waals surface area contributed by atoms with Crippen molar-refractivity contribution in [1.82, 2.24) is 10.2 Å². The fourth-order valence-electron chi connectivity index (χ4n) is 2.98. The Kier molecular flexibility index (Phi) is 3.98. The first-order valence-electron chi connectivity index (χ1n) is 7.43. The molecule has 0 bridgehead atoms. The predicted octanol–water partition coefficient (Wildman–Crippen LogP) is 2.34. The zero-order chi connectivity index (χ0) is 13.9. The van der Waals surface area contributed by atoms with Crippen molar-refractivity contribution in [2.75, 3.05) is 26.2 Å². The van der Waals surface area contributed by atoms with Gasteiger partial charge < -0.3 is 5.32 Å². The first-order chi connectivity index (χ1) is 9.74. The van der Waals surface area contributed by atoms with Crippen LogP contribution in [0.25, 0.3) is 0 Å². The Hall–Kier alpha value is -1.46. The minimum atomic E-state index is -0.329. The van der Waals surface area contributed by atoms with Crippen LogP contribution in [-0.2, 0) is 0 Å². The van der Waals surface area contributed by atoms with Gasteiger partial charge in [-0.3, -0.25) is 15.0 Å². The number of nitro groups is 1. The number of benzene rings is 1. The lowest BCUT2D eigenvalue weighted by atomic mass is 9.98. The van der Waals surface area contributed by atoms with E-state index in [1.54, 1.807) is 12.1 Å². The van der Waals surface area contributed by atoms with Crippen LogP contribution in [0.5, 0.6) is 0 Å². The SMILES string of the molecule is O=[N+]([O-])c1ccc([C@@H](CC2CC2)N2CCNCC2)cc1. The van der Waals surface area contributed by atoms with Gasteiger partial charge in [0, 0.05) is 44.4 Å². The summed E-state index contributed by atoms with van der Waals surface area (Å²) in [6.45, 7) is 4.20. The third-order valence-corrected chi connectivity index (χ3v) is 4.33. The van der Waals surface area contributed by atoms with Crippen molar-refractivity contribution >= 4 is 5.69 Å². The highest BCUT2D eigenvalue weighted by atomic mass is 16.6. The highest BCUT2D eigenvalue weighted by Gasteiger charge is 2.30. The molecule has 2 aliphatic rings. The molecule has 3 rings (SSSR count). The zero-order valence-corrected chi connectivity index (χ0v) is 11.6. The van der Waals surface area contributed by atoms with Crippen molar-refractivity contribution in [2.24, 2.45) is 5.92 Å². The minimum absolute atomic E-state index is 0.180. The molecule has 2 fully saturated rings. The molecule has 20 heavy (non-hydrogen) atoms. The van der Waals surface area contributed by atoms with Gasteiger partial charge >= 0.3 is 0 Å². The highest BCUT2D eigenvalue weighted by Crippen LogP contribution is 2.40. The van der Waals surface area contributed by atoms with Gasteiger partial charge in [0.1, 0.15) is 0 Å². The molecule has 1 aromatic carbocycles. The number of hydrogen-bond acceptors (Lipinski definition) is 4. The molecule has 1 heterocycles. The van der Waals surface area contributed by atoms with Gasteiger partial charge in [-0.25, -0.2) is 0 Å². The molecule has 0 radical (unpaired) electrons. The lowest BCUT2D eigenvalue weighted by Crippen LogP contribution is -2.45. The van der Waals surface area contributed by atoms with E-state index >= 15 is 0 Å². The minimum Gasteiger partial charge on any atom is -0.314 e. The van der Waals surface area contributed by atoms with Crippen LogP contribution in [0, 0.1) is 16.0 Å². The van der Waals surface area contributed by atoms with Crippen LogP contribution in [0.3, 0.4) is 0 Å².